The van der Waals surface area contributed by atoms with Crippen molar-refractivity contribution in [1.82, 2.24) is 4.98 Å². The molecular weight excluding hydrogens is 479 g/mol. The summed E-state index contributed by atoms with van der Waals surface area (Å²) in [5.74, 6) is -3.41. The van der Waals surface area contributed by atoms with E-state index in [1.165, 1.54) is 40.7 Å². The first-order chi connectivity index (χ1) is 14.5. The van der Waals surface area contributed by atoms with E-state index in [0.29, 0.717) is 11.3 Å². The van der Waals surface area contributed by atoms with Crippen molar-refractivity contribution in [2.45, 2.75) is 51.8 Å². The van der Waals surface area contributed by atoms with Crippen LogP contribution >= 0.6 is 11.3 Å². The number of hydrogen-bond acceptors (Lipinski definition) is 9. The van der Waals surface area contributed by atoms with E-state index in [4.69, 9.17) is 9.47 Å². The van der Waals surface area contributed by atoms with Gasteiger partial charge in [0, 0.05) is 5.56 Å². The summed E-state index contributed by atoms with van der Waals surface area (Å²) in [5, 5.41) is 9.41. The Kier molecular flexibility index (Phi) is 7.12. The lowest BCUT2D eigenvalue weighted by atomic mass is 10.0. The van der Waals surface area contributed by atoms with Gasteiger partial charge in [-0.05, 0) is 46.2 Å². The zero-order valence-electron chi connectivity index (χ0n) is 17.6. The van der Waals surface area contributed by atoms with Crippen LogP contribution in [-0.2, 0) is 24.4 Å². The number of carbonyl (C=O) groups is 2. The molecular formula is C18H20F3NO8S2. The van der Waals surface area contributed by atoms with Gasteiger partial charge >= 0.3 is 27.6 Å². The van der Waals surface area contributed by atoms with Crippen LogP contribution < -0.4 is 4.18 Å². The normalized spacial score (nSPS) is 13.8. The highest BCUT2D eigenvalue weighted by molar-refractivity contribution is 7.88. The lowest BCUT2D eigenvalue weighted by molar-refractivity contribution is -0.160. The molecule has 1 N–H and O–H groups in total. The molecule has 32 heavy (non-hydrogen) atoms. The zero-order chi connectivity index (χ0) is 24.6. The van der Waals surface area contributed by atoms with Crippen molar-refractivity contribution in [2.24, 2.45) is 0 Å². The number of esters is 1. The number of alkyl halides is 3. The number of thiazole rings is 1. The number of aromatic nitrogens is 1. The number of ether oxygens (including phenoxy) is 2. The quantitative estimate of drug-likeness (QED) is 0.342. The van der Waals surface area contributed by atoms with Crippen LogP contribution in [0.15, 0.2) is 6.07 Å². The molecule has 0 saturated heterocycles. The Labute approximate surface area is 185 Å². The Morgan fingerprint density at radius 3 is 2.31 bits per heavy atom. The fourth-order valence-electron chi connectivity index (χ4n) is 2.61. The smallest absolute Gasteiger partial charge is 0.479 e. The molecule has 1 atom stereocenters. The molecule has 0 bridgehead atoms. The Bertz CT molecular complexity index is 1150. The molecule has 2 rings (SSSR count). The van der Waals surface area contributed by atoms with Gasteiger partial charge in [0.05, 0.1) is 22.4 Å². The summed E-state index contributed by atoms with van der Waals surface area (Å²) in [6, 6.07) is 1.29. The van der Waals surface area contributed by atoms with Crippen LogP contribution in [-0.4, -0.2) is 48.2 Å². The lowest BCUT2D eigenvalue weighted by Crippen LogP contribution is -2.31. The molecule has 0 radical (unpaired) electrons. The Hall–Kier alpha value is -2.45. The van der Waals surface area contributed by atoms with Crippen molar-refractivity contribution in [2.75, 3.05) is 6.61 Å². The summed E-state index contributed by atoms with van der Waals surface area (Å²) in [6.07, 6.45) is -1.88. The van der Waals surface area contributed by atoms with Gasteiger partial charge in [0.2, 0.25) is 5.01 Å². The summed E-state index contributed by atoms with van der Waals surface area (Å²) < 4.78 is 77.2. The maximum atomic E-state index is 13.1. The first-order valence-electron chi connectivity index (χ1n) is 9.01. The van der Waals surface area contributed by atoms with Crippen LogP contribution in [0.4, 0.5) is 13.2 Å². The third-order valence-electron chi connectivity index (χ3n) is 3.77. The van der Waals surface area contributed by atoms with Crippen LogP contribution in [0.2, 0.25) is 0 Å². The predicted molar refractivity (Wildman–Crippen MR) is 107 cm³/mol. The Morgan fingerprint density at radius 1 is 1.25 bits per heavy atom. The highest BCUT2D eigenvalue weighted by atomic mass is 32.2. The van der Waals surface area contributed by atoms with E-state index < -0.39 is 50.6 Å². The average molecular weight is 499 g/mol. The Morgan fingerprint density at radius 2 is 1.84 bits per heavy atom. The van der Waals surface area contributed by atoms with Gasteiger partial charge in [-0.2, -0.15) is 21.6 Å². The molecule has 0 aliphatic rings. The van der Waals surface area contributed by atoms with Crippen LogP contribution in [0.25, 0.3) is 10.2 Å². The van der Waals surface area contributed by atoms with Crippen molar-refractivity contribution in [3.05, 3.63) is 22.2 Å². The number of aliphatic carboxylic acids is 1. The second-order valence-electron chi connectivity index (χ2n) is 7.46. The highest BCUT2D eigenvalue weighted by Gasteiger charge is 2.49. The molecule has 0 amide bonds. The molecule has 1 heterocycles. The molecule has 0 saturated carbocycles. The van der Waals surface area contributed by atoms with Crippen molar-refractivity contribution in [1.29, 1.82) is 0 Å². The van der Waals surface area contributed by atoms with Gasteiger partial charge in [0.1, 0.15) is 0 Å². The van der Waals surface area contributed by atoms with Crippen LogP contribution in [0.5, 0.6) is 5.75 Å². The van der Waals surface area contributed by atoms with Gasteiger partial charge in [-0.1, -0.05) is 0 Å². The molecule has 2 aromatic rings. The van der Waals surface area contributed by atoms with E-state index in [-0.39, 0.29) is 27.4 Å². The molecule has 0 fully saturated rings. The molecule has 0 spiro atoms. The van der Waals surface area contributed by atoms with Crippen molar-refractivity contribution >= 4 is 43.6 Å². The number of aryl methyl sites for hydroxylation is 1. The van der Waals surface area contributed by atoms with Gasteiger partial charge in [0.25, 0.3) is 0 Å². The van der Waals surface area contributed by atoms with E-state index in [9.17, 15) is 36.3 Å². The number of nitrogens with zero attached hydrogens (tertiary/aromatic N) is 1. The van der Waals surface area contributed by atoms with Crippen molar-refractivity contribution < 1.29 is 49.9 Å². The van der Waals surface area contributed by atoms with Crippen LogP contribution in [0, 0.1) is 6.92 Å². The number of carboxylic acid groups (broad SMARTS) is 1. The highest BCUT2D eigenvalue weighted by Crippen LogP contribution is 2.44. The van der Waals surface area contributed by atoms with Gasteiger partial charge < -0.3 is 18.8 Å². The SMILES string of the molecule is CCOC(=O)c1nc2cc(C)c([C@H](OC(C)(C)C)C(=O)O)c(OS(=O)(=O)C(F)(F)F)c2s1. The largest absolute Gasteiger partial charge is 0.534 e. The molecule has 0 aliphatic heterocycles. The first kappa shape index (κ1) is 25.8. The van der Waals surface area contributed by atoms with E-state index >= 15 is 0 Å². The predicted octanol–water partition coefficient (Wildman–Crippen LogP) is 3.95. The van der Waals surface area contributed by atoms with E-state index in [1.54, 1.807) is 0 Å². The van der Waals surface area contributed by atoms with Crippen molar-refractivity contribution in [3.63, 3.8) is 0 Å². The first-order valence-corrected chi connectivity index (χ1v) is 11.2. The minimum absolute atomic E-state index is 0.00857. The van der Waals surface area contributed by atoms with Gasteiger partial charge in [-0.15, -0.1) is 11.3 Å². The van der Waals surface area contributed by atoms with E-state index in [1.807, 2.05) is 0 Å². The standard InChI is InChI=1S/C18H20F3NO8S2/c1-6-28-16(25)14-22-9-7-8(2)10(12(15(23)24)29-17(3,4)5)11(13(9)31-14)30-32(26,27)18(19,20)21/h7,12H,6H2,1-5H3,(H,23,24)/t12-/m0/s1. The number of carboxylic acids is 1. The fraction of sp³-hybridized carbons (Fsp3) is 0.500. The lowest BCUT2D eigenvalue weighted by Gasteiger charge is -2.27. The number of fused-ring (bicyclic) bond motifs is 1. The van der Waals surface area contributed by atoms with Crippen LogP contribution in [0.3, 0.4) is 0 Å². The topological polar surface area (TPSA) is 129 Å². The summed E-state index contributed by atoms with van der Waals surface area (Å²) in [5.41, 5.74) is -7.37. The van der Waals surface area contributed by atoms with Crippen molar-refractivity contribution in [3.8, 4) is 5.75 Å². The second kappa shape index (κ2) is 8.83. The number of halogens is 3. The Balaban J connectivity index is 2.88. The third kappa shape index (κ3) is 5.48. The molecule has 1 aromatic heterocycles. The number of benzene rings is 1. The van der Waals surface area contributed by atoms with E-state index in [0.717, 1.165) is 0 Å². The molecule has 9 nitrogen and oxygen atoms in total. The van der Waals surface area contributed by atoms with Crippen LogP contribution in [0.1, 0.15) is 54.7 Å². The zero-order valence-corrected chi connectivity index (χ0v) is 19.2. The number of carbonyl (C=O) groups excluding carboxylic acids is 1. The molecule has 178 valence electrons. The monoisotopic (exact) mass is 499 g/mol. The van der Waals surface area contributed by atoms with Gasteiger partial charge in [-0.25, -0.2) is 14.6 Å². The maximum absolute atomic E-state index is 13.1. The summed E-state index contributed by atoms with van der Waals surface area (Å²) in [4.78, 5) is 27.9. The second-order valence-corrected chi connectivity index (χ2v) is 9.99. The number of hydrogen-bond donors (Lipinski definition) is 1. The fourth-order valence-corrected chi connectivity index (χ4v) is 4.08. The minimum atomic E-state index is -6.19. The average Bonchev–Trinajstić information content (AvgIpc) is 3.02. The van der Waals surface area contributed by atoms with Gasteiger partial charge in [0.15, 0.2) is 11.9 Å². The molecule has 0 aliphatic carbocycles. The molecule has 1 aromatic carbocycles. The molecule has 0 unspecified atom stereocenters. The molecule has 14 heteroatoms. The number of rotatable bonds is 7. The third-order valence-corrected chi connectivity index (χ3v) is 5.77. The minimum Gasteiger partial charge on any atom is -0.479 e. The summed E-state index contributed by atoms with van der Waals surface area (Å²) in [6.45, 7) is 7.37. The maximum Gasteiger partial charge on any atom is 0.534 e. The van der Waals surface area contributed by atoms with Gasteiger partial charge in [-0.3, -0.25) is 0 Å². The summed E-state index contributed by atoms with van der Waals surface area (Å²) >= 11 is 0.502. The summed E-state index contributed by atoms with van der Waals surface area (Å²) in [7, 11) is -6.19. The van der Waals surface area contributed by atoms with E-state index in [2.05, 4.69) is 9.17 Å².